The second-order valence-electron chi connectivity index (χ2n) is 7.04. The van der Waals surface area contributed by atoms with Gasteiger partial charge in [-0.05, 0) is 44.5 Å². The van der Waals surface area contributed by atoms with Gasteiger partial charge in [0.05, 0.1) is 6.61 Å². The monoisotopic (exact) mass is 338 g/mol. The molecule has 0 amide bonds. The lowest BCUT2D eigenvalue weighted by atomic mass is 9.95. The van der Waals surface area contributed by atoms with Gasteiger partial charge in [-0.2, -0.15) is 0 Å². The first-order valence-corrected chi connectivity index (χ1v) is 9.16. The molecule has 1 aliphatic rings. The number of imidazole rings is 1. The highest BCUT2D eigenvalue weighted by atomic mass is 16.3. The number of aromatic amines is 1. The molecular formula is C20H26N4O. The van der Waals surface area contributed by atoms with E-state index < -0.39 is 0 Å². The molecule has 0 atom stereocenters. The SMILES string of the molecule is Cc1cnc(C2CCN(Cc3c[nH]c4ccccc34)CC2)n1CCO. The molecule has 0 radical (unpaired) electrons. The van der Waals surface area contributed by atoms with Crippen LogP contribution in [0.3, 0.4) is 0 Å². The summed E-state index contributed by atoms with van der Waals surface area (Å²) in [7, 11) is 0. The molecule has 4 rings (SSSR count). The molecule has 0 saturated carbocycles. The Labute approximate surface area is 148 Å². The summed E-state index contributed by atoms with van der Waals surface area (Å²) in [6, 6.07) is 8.51. The standard InChI is InChI=1S/C20H26N4O/c1-15-12-22-20(24(15)10-11-25)16-6-8-23(9-7-16)14-17-13-21-19-5-3-2-4-18(17)19/h2-5,12-13,16,21,25H,6-11,14H2,1H3. The first kappa shape index (κ1) is 16.4. The van der Waals surface area contributed by atoms with Crippen LogP contribution in [0.1, 0.15) is 35.8 Å². The van der Waals surface area contributed by atoms with E-state index in [0.717, 1.165) is 44.0 Å². The molecule has 0 spiro atoms. The summed E-state index contributed by atoms with van der Waals surface area (Å²) < 4.78 is 2.18. The molecular weight excluding hydrogens is 312 g/mol. The number of likely N-dealkylation sites (tertiary alicyclic amines) is 1. The largest absolute Gasteiger partial charge is 0.395 e. The zero-order valence-electron chi connectivity index (χ0n) is 14.8. The Morgan fingerprint density at radius 3 is 2.84 bits per heavy atom. The van der Waals surface area contributed by atoms with Crippen molar-refractivity contribution in [3.8, 4) is 0 Å². The number of rotatable bonds is 5. The Balaban J connectivity index is 1.42. The van der Waals surface area contributed by atoms with Gasteiger partial charge in [-0.25, -0.2) is 4.98 Å². The minimum atomic E-state index is 0.170. The van der Waals surface area contributed by atoms with Crippen molar-refractivity contribution >= 4 is 10.9 Å². The number of piperidine rings is 1. The van der Waals surface area contributed by atoms with Crippen LogP contribution < -0.4 is 0 Å². The summed E-state index contributed by atoms with van der Waals surface area (Å²) in [5.74, 6) is 1.65. The van der Waals surface area contributed by atoms with Crippen LogP contribution in [0.15, 0.2) is 36.7 Å². The lowest BCUT2D eigenvalue weighted by molar-refractivity contribution is 0.199. The summed E-state index contributed by atoms with van der Waals surface area (Å²) in [4.78, 5) is 10.5. The number of aliphatic hydroxyl groups excluding tert-OH is 1. The van der Waals surface area contributed by atoms with Crippen molar-refractivity contribution in [1.29, 1.82) is 0 Å². The zero-order chi connectivity index (χ0) is 17.2. The van der Waals surface area contributed by atoms with Gasteiger partial charge in [0.1, 0.15) is 5.82 Å². The van der Waals surface area contributed by atoms with E-state index in [9.17, 15) is 5.11 Å². The third kappa shape index (κ3) is 3.22. The van der Waals surface area contributed by atoms with Gasteiger partial charge < -0.3 is 14.7 Å². The second kappa shape index (κ2) is 7.02. The number of aromatic nitrogens is 3. The maximum absolute atomic E-state index is 9.30. The van der Waals surface area contributed by atoms with Crippen LogP contribution in [0.4, 0.5) is 0 Å². The van der Waals surface area contributed by atoms with Crippen LogP contribution in [0.25, 0.3) is 10.9 Å². The van der Waals surface area contributed by atoms with Crippen molar-refractivity contribution in [2.24, 2.45) is 0 Å². The van der Waals surface area contributed by atoms with Crippen LogP contribution >= 0.6 is 0 Å². The third-order valence-electron chi connectivity index (χ3n) is 5.43. The van der Waals surface area contributed by atoms with Crippen LogP contribution in [-0.4, -0.2) is 44.2 Å². The fraction of sp³-hybridized carbons (Fsp3) is 0.450. The third-order valence-corrected chi connectivity index (χ3v) is 5.43. The fourth-order valence-corrected chi connectivity index (χ4v) is 4.05. The average molecular weight is 338 g/mol. The van der Waals surface area contributed by atoms with Gasteiger partial charge in [-0.15, -0.1) is 0 Å². The van der Waals surface area contributed by atoms with E-state index in [1.165, 1.54) is 16.5 Å². The average Bonchev–Trinajstić information content (AvgIpc) is 3.21. The van der Waals surface area contributed by atoms with E-state index in [1.54, 1.807) is 0 Å². The van der Waals surface area contributed by atoms with Crippen molar-refractivity contribution in [3.63, 3.8) is 0 Å². The number of fused-ring (bicyclic) bond motifs is 1. The highest BCUT2D eigenvalue weighted by molar-refractivity contribution is 5.82. The summed E-state index contributed by atoms with van der Waals surface area (Å²) in [5.41, 5.74) is 3.74. The van der Waals surface area contributed by atoms with Crippen molar-refractivity contribution in [2.75, 3.05) is 19.7 Å². The van der Waals surface area contributed by atoms with Crippen molar-refractivity contribution in [2.45, 2.75) is 38.8 Å². The van der Waals surface area contributed by atoms with Gasteiger partial charge in [-0.3, -0.25) is 4.90 Å². The number of aryl methyl sites for hydroxylation is 1. The number of hydrogen-bond donors (Lipinski definition) is 2. The Morgan fingerprint density at radius 2 is 2.04 bits per heavy atom. The Bertz CT molecular complexity index is 842. The van der Waals surface area contributed by atoms with Crippen molar-refractivity contribution in [3.05, 3.63) is 53.7 Å². The van der Waals surface area contributed by atoms with Crippen LogP contribution in [-0.2, 0) is 13.1 Å². The summed E-state index contributed by atoms with van der Waals surface area (Å²) in [6.07, 6.45) is 6.34. The normalized spacial score (nSPS) is 16.7. The molecule has 1 aromatic carbocycles. The molecule has 2 aromatic heterocycles. The highest BCUT2D eigenvalue weighted by Crippen LogP contribution is 2.29. The molecule has 1 saturated heterocycles. The molecule has 5 heteroatoms. The smallest absolute Gasteiger partial charge is 0.112 e. The van der Waals surface area contributed by atoms with E-state index in [4.69, 9.17) is 0 Å². The second-order valence-corrected chi connectivity index (χ2v) is 7.04. The lowest BCUT2D eigenvalue weighted by Crippen LogP contribution is -2.33. The Hall–Kier alpha value is -2.11. The number of nitrogens with zero attached hydrogens (tertiary/aromatic N) is 3. The lowest BCUT2D eigenvalue weighted by Gasteiger charge is -2.31. The maximum atomic E-state index is 9.30. The van der Waals surface area contributed by atoms with Gasteiger partial charge in [0.2, 0.25) is 0 Å². The van der Waals surface area contributed by atoms with Crippen molar-refractivity contribution in [1.82, 2.24) is 19.4 Å². The number of nitrogens with one attached hydrogen (secondary N) is 1. The minimum Gasteiger partial charge on any atom is -0.395 e. The molecule has 3 heterocycles. The molecule has 2 N–H and O–H groups in total. The Morgan fingerprint density at radius 1 is 1.24 bits per heavy atom. The first-order chi connectivity index (χ1) is 12.3. The molecule has 25 heavy (non-hydrogen) atoms. The molecule has 1 fully saturated rings. The summed E-state index contributed by atoms with van der Waals surface area (Å²) in [6.45, 7) is 6.07. The highest BCUT2D eigenvalue weighted by Gasteiger charge is 2.25. The Kier molecular flexibility index (Phi) is 4.59. The number of benzene rings is 1. The van der Waals surface area contributed by atoms with Crippen molar-refractivity contribution < 1.29 is 5.11 Å². The first-order valence-electron chi connectivity index (χ1n) is 9.16. The quantitative estimate of drug-likeness (QED) is 0.752. The van der Waals surface area contributed by atoms with Crippen LogP contribution in [0.2, 0.25) is 0 Å². The molecule has 132 valence electrons. The van der Waals surface area contributed by atoms with E-state index in [-0.39, 0.29) is 6.61 Å². The number of aliphatic hydroxyl groups is 1. The van der Waals surface area contributed by atoms with Gasteiger partial charge in [-0.1, -0.05) is 18.2 Å². The van der Waals surface area contributed by atoms with Crippen LogP contribution in [0, 0.1) is 6.92 Å². The maximum Gasteiger partial charge on any atom is 0.112 e. The van der Waals surface area contributed by atoms with Crippen LogP contribution in [0.5, 0.6) is 0 Å². The molecule has 1 aliphatic heterocycles. The van der Waals surface area contributed by atoms with E-state index in [1.807, 2.05) is 6.20 Å². The van der Waals surface area contributed by atoms with E-state index in [0.29, 0.717) is 12.5 Å². The summed E-state index contributed by atoms with van der Waals surface area (Å²) >= 11 is 0. The van der Waals surface area contributed by atoms with Gasteiger partial charge in [0.25, 0.3) is 0 Å². The molecule has 0 unspecified atom stereocenters. The molecule has 0 aliphatic carbocycles. The molecule has 0 bridgehead atoms. The van der Waals surface area contributed by atoms with Gasteiger partial charge >= 0.3 is 0 Å². The topological polar surface area (TPSA) is 57.1 Å². The zero-order valence-corrected chi connectivity index (χ0v) is 14.8. The van der Waals surface area contributed by atoms with E-state index >= 15 is 0 Å². The molecule has 5 nitrogen and oxygen atoms in total. The predicted molar refractivity (Wildman–Crippen MR) is 99.6 cm³/mol. The number of H-pyrrole nitrogens is 1. The fourth-order valence-electron chi connectivity index (χ4n) is 4.05. The van der Waals surface area contributed by atoms with Gasteiger partial charge in [0.15, 0.2) is 0 Å². The van der Waals surface area contributed by atoms with E-state index in [2.05, 4.69) is 56.8 Å². The molecule has 3 aromatic rings. The number of hydrogen-bond acceptors (Lipinski definition) is 3. The number of para-hydroxylation sites is 1. The summed E-state index contributed by atoms with van der Waals surface area (Å²) in [5, 5.41) is 10.6. The minimum absolute atomic E-state index is 0.170. The predicted octanol–water partition coefficient (Wildman–Crippen LogP) is 3.04. The van der Waals surface area contributed by atoms with Gasteiger partial charge in [0, 0.05) is 48.0 Å².